The van der Waals surface area contributed by atoms with E-state index in [0.717, 1.165) is 16.5 Å². The van der Waals surface area contributed by atoms with Crippen molar-refractivity contribution in [2.24, 2.45) is 0 Å². The minimum Gasteiger partial charge on any atom is -0.475 e. The number of aryl methyl sites for hydroxylation is 1. The average molecular weight is 252 g/mol. The van der Waals surface area contributed by atoms with Crippen LogP contribution in [0.2, 0.25) is 0 Å². The van der Waals surface area contributed by atoms with Crippen molar-refractivity contribution in [1.29, 1.82) is 0 Å². The lowest BCUT2D eigenvalue weighted by Crippen LogP contribution is -1.93. The summed E-state index contributed by atoms with van der Waals surface area (Å²) in [5.74, 6) is -0.443. The molecule has 3 nitrogen and oxygen atoms in total. The number of carboxylic acids is 1. The van der Waals surface area contributed by atoms with E-state index in [2.05, 4.69) is 0 Å². The summed E-state index contributed by atoms with van der Waals surface area (Å²) in [5, 5.41) is 10.7. The number of fused-ring (bicyclic) bond motifs is 1. The van der Waals surface area contributed by atoms with Gasteiger partial charge < -0.3 is 9.52 Å². The van der Waals surface area contributed by atoms with Gasteiger partial charge in [0.15, 0.2) is 0 Å². The molecule has 0 bridgehead atoms. The van der Waals surface area contributed by atoms with Crippen molar-refractivity contribution in [1.82, 2.24) is 0 Å². The molecule has 0 unspecified atom stereocenters. The molecule has 0 aliphatic heterocycles. The molecule has 0 amide bonds. The number of hydrogen-bond donors (Lipinski definition) is 1. The van der Waals surface area contributed by atoms with Gasteiger partial charge in [-0.15, -0.1) is 0 Å². The zero-order chi connectivity index (χ0) is 13.4. The highest BCUT2D eigenvalue weighted by Gasteiger charge is 2.19. The molecule has 0 aliphatic carbocycles. The van der Waals surface area contributed by atoms with Crippen LogP contribution in [-0.2, 0) is 0 Å². The Morgan fingerprint density at radius 3 is 2.47 bits per heavy atom. The fourth-order valence-corrected chi connectivity index (χ4v) is 2.22. The average Bonchev–Trinajstić information content (AvgIpc) is 2.78. The Morgan fingerprint density at radius 2 is 1.79 bits per heavy atom. The fraction of sp³-hybridized carbons (Fsp3) is 0.0625. The van der Waals surface area contributed by atoms with Crippen molar-refractivity contribution in [2.45, 2.75) is 6.92 Å². The van der Waals surface area contributed by atoms with E-state index in [9.17, 15) is 9.90 Å². The lowest BCUT2D eigenvalue weighted by Gasteiger charge is -1.98. The summed E-state index contributed by atoms with van der Waals surface area (Å²) in [6.45, 7) is 1.97. The predicted octanol–water partition coefficient (Wildman–Crippen LogP) is 4.11. The van der Waals surface area contributed by atoms with E-state index in [1.807, 2.05) is 49.4 Å². The van der Waals surface area contributed by atoms with Crippen LogP contribution in [0.1, 0.15) is 16.1 Å². The van der Waals surface area contributed by atoms with Gasteiger partial charge in [0.2, 0.25) is 5.76 Å². The number of aromatic carboxylic acids is 1. The molecule has 0 atom stereocenters. The third kappa shape index (κ3) is 1.89. The zero-order valence-electron chi connectivity index (χ0n) is 10.4. The summed E-state index contributed by atoms with van der Waals surface area (Å²) in [6, 6.07) is 15.2. The molecule has 3 rings (SSSR count). The number of rotatable bonds is 2. The van der Waals surface area contributed by atoms with Crippen LogP contribution in [0.5, 0.6) is 0 Å². The first kappa shape index (κ1) is 11.5. The molecule has 1 N–H and O–H groups in total. The van der Waals surface area contributed by atoms with Gasteiger partial charge in [0.05, 0.1) is 0 Å². The van der Waals surface area contributed by atoms with E-state index in [-0.39, 0.29) is 5.76 Å². The van der Waals surface area contributed by atoms with Crippen molar-refractivity contribution >= 4 is 16.7 Å². The second kappa shape index (κ2) is 4.28. The molecule has 3 aromatic rings. The van der Waals surface area contributed by atoms with Gasteiger partial charge >= 0.3 is 5.97 Å². The van der Waals surface area contributed by atoms with Crippen LogP contribution in [-0.4, -0.2) is 11.1 Å². The molecule has 1 heterocycles. The molecule has 0 radical (unpaired) electrons. The van der Waals surface area contributed by atoms with Gasteiger partial charge in [-0.25, -0.2) is 4.79 Å². The highest BCUT2D eigenvalue weighted by Crippen LogP contribution is 2.34. The molecule has 0 spiro atoms. The fourth-order valence-electron chi connectivity index (χ4n) is 2.22. The quantitative estimate of drug-likeness (QED) is 0.746. The molecule has 19 heavy (non-hydrogen) atoms. The third-order valence-corrected chi connectivity index (χ3v) is 3.10. The highest BCUT2D eigenvalue weighted by atomic mass is 16.4. The number of carboxylic acid groups (broad SMARTS) is 1. The molecule has 1 aromatic heterocycles. The number of benzene rings is 2. The molecule has 0 aliphatic rings. The molecule has 2 aromatic carbocycles. The molecule has 0 saturated carbocycles. The van der Waals surface area contributed by atoms with Crippen LogP contribution in [0, 0.1) is 6.92 Å². The normalized spacial score (nSPS) is 10.8. The van der Waals surface area contributed by atoms with Crippen molar-refractivity contribution in [3.8, 4) is 11.3 Å². The molecular weight excluding hydrogens is 240 g/mol. The first-order valence-electron chi connectivity index (χ1n) is 5.98. The third-order valence-electron chi connectivity index (χ3n) is 3.10. The van der Waals surface area contributed by atoms with Gasteiger partial charge in [-0.3, -0.25) is 0 Å². The van der Waals surface area contributed by atoms with Crippen LogP contribution in [0.4, 0.5) is 0 Å². The summed E-state index contributed by atoms with van der Waals surface area (Å²) in [7, 11) is 0. The Labute approximate surface area is 110 Å². The first-order chi connectivity index (χ1) is 9.16. The Bertz CT molecular complexity index is 754. The Hall–Kier alpha value is -2.55. The van der Waals surface area contributed by atoms with Crippen molar-refractivity contribution in [3.05, 3.63) is 59.9 Å². The van der Waals surface area contributed by atoms with Gasteiger partial charge in [0.25, 0.3) is 0 Å². The van der Waals surface area contributed by atoms with Crippen LogP contribution in [0.15, 0.2) is 52.9 Å². The molecule has 0 saturated heterocycles. The molecule has 0 fully saturated rings. The Balaban J connectivity index is 2.36. The first-order valence-corrected chi connectivity index (χ1v) is 5.98. The summed E-state index contributed by atoms with van der Waals surface area (Å²) in [6.07, 6.45) is 0. The van der Waals surface area contributed by atoms with Crippen LogP contribution in [0.3, 0.4) is 0 Å². The summed E-state index contributed by atoms with van der Waals surface area (Å²) >= 11 is 0. The maximum absolute atomic E-state index is 11.3. The van der Waals surface area contributed by atoms with Crippen molar-refractivity contribution in [2.75, 3.05) is 0 Å². The largest absolute Gasteiger partial charge is 0.475 e. The lowest BCUT2D eigenvalue weighted by molar-refractivity contribution is 0.0666. The second-order valence-electron chi connectivity index (χ2n) is 4.48. The lowest BCUT2D eigenvalue weighted by atomic mass is 10.0. The standard InChI is InChI=1S/C16H12O3/c1-10-7-8-12-13(9-10)14(19-15(12)16(17)18)11-5-3-2-4-6-11/h2-9H,1H3,(H,17,18). The topological polar surface area (TPSA) is 50.4 Å². The Morgan fingerprint density at radius 1 is 1.05 bits per heavy atom. The van der Waals surface area contributed by atoms with Gasteiger partial charge in [-0.2, -0.15) is 0 Å². The molecular formula is C16H12O3. The zero-order valence-corrected chi connectivity index (χ0v) is 10.4. The molecule has 3 heteroatoms. The minimum absolute atomic E-state index is 0.00569. The van der Waals surface area contributed by atoms with Crippen LogP contribution in [0.25, 0.3) is 22.1 Å². The summed E-state index contributed by atoms with van der Waals surface area (Å²) < 4.78 is 5.57. The van der Waals surface area contributed by atoms with E-state index < -0.39 is 5.97 Å². The van der Waals surface area contributed by atoms with Gasteiger partial charge in [0.1, 0.15) is 5.76 Å². The smallest absolute Gasteiger partial charge is 0.372 e. The van der Waals surface area contributed by atoms with Crippen LogP contribution >= 0.6 is 0 Å². The Kier molecular flexibility index (Phi) is 2.60. The van der Waals surface area contributed by atoms with E-state index >= 15 is 0 Å². The van der Waals surface area contributed by atoms with E-state index in [1.54, 1.807) is 6.07 Å². The maximum Gasteiger partial charge on any atom is 0.372 e. The van der Waals surface area contributed by atoms with Gasteiger partial charge in [-0.05, 0) is 19.1 Å². The highest BCUT2D eigenvalue weighted by molar-refractivity contribution is 6.06. The van der Waals surface area contributed by atoms with E-state index in [0.29, 0.717) is 11.1 Å². The SMILES string of the molecule is Cc1ccc2c(C(=O)O)oc(-c3ccccc3)c2c1. The summed E-state index contributed by atoms with van der Waals surface area (Å²) in [5.41, 5.74) is 1.95. The van der Waals surface area contributed by atoms with E-state index in [1.165, 1.54) is 0 Å². The number of carbonyl (C=O) groups is 1. The minimum atomic E-state index is -1.05. The van der Waals surface area contributed by atoms with Gasteiger partial charge in [0, 0.05) is 16.3 Å². The van der Waals surface area contributed by atoms with Crippen LogP contribution < -0.4 is 0 Å². The maximum atomic E-state index is 11.3. The van der Waals surface area contributed by atoms with E-state index in [4.69, 9.17) is 4.42 Å². The monoisotopic (exact) mass is 252 g/mol. The second-order valence-corrected chi connectivity index (χ2v) is 4.48. The predicted molar refractivity (Wildman–Crippen MR) is 73.3 cm³/mol. The molecule has 94 valence electrons. The number of furan rings is 1. The van der Waals surface area contributed by atoms with Gasteiger partial charge in [-0.1, -0.05) is 42.0 Å². The van der Waals surface area contributed by atoms with Crippen molar-refractivity contribution in [3.63, 3.8) is 0 Å². The summed E-state index contributed by atoms with van der Waals surface area (Å²) in [4.78, 5) is 11.3. The van der Waals surface area contributed by atoms with Crippen molar-refractivity contribution < 1.29 is 14.3 Å². The number of hydrogen-bond acceptors (Lipinski definition) is 2.